The van der Waals surface area contributed by atoms with Crippen LogP contribution in [0, 0.1) is 5.41 Å². The highest BCUT2D eigenvalue weighted by Gasteiger charge is 2.19. The van der Waals surface area contributed by atoms with E-state index >= 15 is 0 Å². The number of rotatable bonds is 0. The van der Waals surface area contributed by atoms with E-state index in [4.69, 9.17) is 0 Å². The van der Waals surface area contributed by atoms with Crippen molar-refractivity contribution in [2.45, 2.75) is 34.1 Å². The highest BCUT2D eigenvalue weighted by atomic mass is 14.2. The van der Waals surface area contributed by atoms with Gasteiger partial charge in [0.25, 0.3) is 0 Å². The quantitative estimate of drug-likeness (QED) is 0.507. The predicted octanol–water partition coefficient (Wildman–Crippen LogP) is 3.87. The van der Waals surface area contributed by atoms with Crippen molar-refractivity contribution in [3.8, 4) is 0 Å². The molecule has 0 saturated carbocycles. The molecule has 1 aliphatic carbocycles. The minimum Gasteiger partial charge on any atom is -0.0955 e. The molecule has 0 aromatic rings. The molecule has 0 radical (unpaired) electrons. The molecule has 0 aromatic carbocycles. The van der Waals surface area contributed by atoms with Crippen LogP contribution in [-0.2, 0) is 0 Å². The van der Waals surface area contributed by atoms with Gasteiger partial charge in [0.2, 0.25) is 0 Å². The molecule has 0 atom stereocenters. The van der Waals surface area contributed by atoms with Crippen LogP contribution in [0.2, 0.25) is 0 Å². The molecule has 1 aliphatic rings. The lowest BCUT2D eigenvalue weighted by Gasteiger charge is -2.26. The maximum atomic E-state index is 3.96. The van der Waals surface area contributed by atoms with Gasteiger partial charge in [0, 0.05) is 0 Å². The van der Waals surface area contributed by atoms with Crippen molar-refractivity contribution in [3.05, 3.63) is 35.5 Å². The second-order valence-corrected chi connectivity index (χ2v) is 4.56. The minimum atomic E-state index is 0.279. The molecule has 0 bridgehead atoms. The first-order chi connectivity index (χ1) is 5.41. The van der Waals surface area contributed by atoms with Gasteiger partial charge >= 0.3 is 0 Å². The van der Waals surface area contributed by atoms with Crippen LogP contribution in [0.4, 0.5) is 0 Å². The van der Waals surface area contributed by atoms with Crippen LogP contribution in [0.3, 0.4) is 0 Å². The lowest BCUT2D eigenvalue weighted by Crippen LogP contribution is -2.12. The molecule has 0 N–H and O–H groups in total. The first-order valence-electron chi connectivity index (χ1n) is 4.48. The van der Waals surface area contributed by atoms with E-state index in [1.807, 2.05) is 0 Å². The SMILES string of the molecule is C=C1C=C(C)C(C(C)(C)C)=CC1. The molecule has 1 rings (SSSR count). The van der Waals surface area contributed by atoms with Crippen LogP contribution in [0.5, 0.6) is 0 Å². The van der Waals surface area contributed by atoms with Crippen molar-refractivity contribution in [2.75, 3.05) is 0 Å². The summed E-state index contributed by atoms with van der Waals surface area (Å²) < 4.78 is 0. The molecule has 12 heavy (non-hydrogen) atoms. The summed E-state index contributed by atoms with van der Waals surface area (Å²) in [6, 6.07) is 0. The standard InChI is InChI=1S/C12H18/c1-9-6-7-11(10(2)8-9)12(3,4)5/h7-8H,1,6H2,2-5H3. The second kappa shape index (κ2) is 2.93. The molecular weight excluding hydrogens is 144 g/mol. The zero-order valence-corrected chi connectivity index (χ0v) is 8.57. The molecule has 0 nitrogen and oxygen atoms in total. The Morgan fingerprint density at radius 2 is 1.92 bits per heavy atom. The molecular formula is C12H18. The smallest absolute Gasteiger partial charge is 0.00971 e. The maximum Gasteiger partial charge on any atom is -0.00971 e. The summed E-state index contributed by atoms with van der Waals surface area (Å²) in [6.07, 6.45) is 5.52. The average Bonchev–Trinajstić information content (AvgIpc) is 1.83. The predicted molar refractivity (Wildman–Crippen MR) is 55.1 cm³/mol. The van der Waals surface area contributed by atoms with Crippen molar-refractivity contribution in [1.29, 1.82) is 0 Å². The summed E-state index contributed by atoms with van der Waals surface area (Å²) in [5.41, 5.74) is 4.34. The van der Waals surface area contributed by atoms with E-state index in [0.717, 1.165) is 6.42 Å². The molecule has 0 amide bonds. The third kappa shape index (κ3) is 1.88. The number of allylic oxidation sites excluding steroid dienone is 5. The molecule has 0 unspecified atom stereocenters. The Hall–Kier alpha value is -0.780. The summed E-state index contributed by atoms with van der Waals surface area (Å²) in [5, 5.41) is 0. The van der Waals surface area contributed by atoms with Gasteiger partial charge in [0.05, 0.1) is 0 Å². The highest BCUT2D eigenvalue weighted by Crippen LogP contribution is 2.34. The van der Waals surface area contributed by atoms with Gasteiger partial charge in [-0.15, -0.1) is 0 Å². The normalized spacial score (nSPS) is 18.8. The van der Waals surface area contributed by atoms with Gasteiger partial charge in [0.15, 0.2) is 0 Å². The zero-order chi connectivity index (χ0) is 9.35. The molecule has 0 fully saturated rings. The van der Waals surface area contributed by atoms with E-state index in [9.17, 15) is 0 Å². The van der Waals surface area contributed by atoms with E-state index < -0.39 is 0 Å². The van der Waals surface area contributed by atoms with Crippen molar-refractivity contribution in [3.63, 3.8) is 0 Å². The van der Waals surface area contributed by atoms with Crippen molar-refractivity contribution in [2.24, 2.45) is 5.41 Å². The third-order valence-corrected chi connectivity index (χ3v) is 2.22. The Kier molecular flexibility index (Phi) is 2.27. The van der Waals surface area contributed by atoms with Crippen molar-refractivity contribution < 1.29 is 0 Å². The fourth-order valence-corrected chi connectivity index (χ4v) is 1.73. The molecule has 0 heteroatoms. The largest absolute Gasteiger partial charge is 0.0955 e. The van der Waals surface area contributed by atoms with Gasteiger partial charge in [-0.3, -0.25) is 0 Å². The summed E-state index contributed by atoms with van der Waals surface area (Å²) in [4.78, 5) is 0. The van der Waals surface area contributed by atoms with Gasteiger partial charge < -0.3 is 0 Å². The van der Waals surface area contributed by atoms with Crippen LogP contribution in [0.25, 0.3) is 0 Å². The monoisotopic (exact) mass is 162 g/mol. The van der Waals surface area contributed by atoms with Crippen molar-refractivity contribution in [1.82, 2.24) is 0 Å². The van der Waals surface area contributed by atoms with Gasteiger partial charge in [0.1, 0.15) is 0 Å². The Labute approximate surface area is 75.7 Å². The Morgan fingerprint density at radius 3 is 2.33 bits per heavy atom. The molecule has 66 valence electrons. The van der Waals surface area contributed by atoms with Gasteiger partial charge in [-0.1, -0.05) is 45.1 Å². The van der Waals surface area contributed by atoms with E-state index in [2.05, 4.69) is 46.4 Å². The summed E-state index contributed by atoms with van der Waals surface area (Å²) in [5.74, 6) is 0. The van der Waals surface area contributed by atoms with E-state index in [0.29, 0.717) is 0 Å². The van der Waals surface area contributed by atoms with Crippen molar-refractivity contribution >= 4 is 0 Å². The van der Waals surface area contributed by atoms with E-state index in [-0.39, 0.29) is 5.41 Å². The first-order valence-corrected chi connectivity index (χ1v) is 4.48. The lowest BCUT2D eigenvalue weighted by molar-refractivity contribution is 0.507. The zero-order valence-electron chi connectivity index (χ0n) is 8.57. The van der Waals surface area contributed by atoms with Crippen LogP contribution < -0.4 is 0 Å². The topological polar surface area (TPSA) is 0 Å². The van der Waals surface area contributed by atoms with Crippen LogP contribution >= 0.6 is 0 Å². The average molecular weight is 162 g/mol. The molecule has 0 heterocycles. The summed E-state index contributed by atoms with van der Waals surface area (Å²) in [7, 11) is 0. The van der Waals surface area contributed by atoms with Gasteiger partial charge in [-0.2, -0.15) is 0 Å². The molecule has 0 saturated heterocycles. The lowest BCUT2D eigenvalue weighted by atomic mass is 9.79. The minimum absolute atomic E-state index is 0.279. The fourth-order valence-electron chi connectivity index (χ4n) is 1.73. The molecule has 0 spiro atoms. The summed E-state index contributed by atoms with van der Waals surface area (Å²) >= 11 is 0. The number of hydrogen-bond acceptors (Lipinski definition) is 0. The van der Waals surface area contributed by atoms with Gasteiger partial charge in [-0.25, -0.2) is 0 Å². The Balaban J connectivity index is 2.96. The summed E-state index contributed by atoms with van der Waals surface area (Å²) in [6.45, 7) is 12.9. The van der Waals surface area contributed by atoms with Crippen LogP contribution in [-0.4, -0.2) is 0 Å². The highest BCUT2D eigenvalue weighted by molar-refractivity contribution is 5.43. The molecule has 0 aromatic heterocycles. The first kappa shape index (κ1) is 9.31. The Bertz CT molecular complexity index is 256. The maximum absolute atomic E-state index is 3.96. The van der Waals surface area contributed by atoms with E-state index in [1.165, 1.54) is 16.7 Å². The van der Waals surface area contributed by atoms with E-state index in [1.54, 1.807) is 0 Å². The molecule has 0 aliphatic heterocycles. The van der Waals surface area contributed by atoms with Gasteiger partial charge in [-0.05, 0) is 29.9 Å². The third-order valence-electron chi connectivity index (χ3n) is 2.22. The van der Waals surface area contributed by atoms with Crippen LogP contribution in [0.15, 0.2) is 35.5 Å². The second-order valence-electron chi connectivity index (χ2n) is 4.56. The Morgan fingerprint density at radius 1 is 1.33 bits per heavy atom. The van der Waals surface area contributed by atoms with Crippen LogP contribution in [0.1, 0.15) is 34.1 Å². The number of hydrogen-bond donors (Lipinski definition) is 0. The fraction of sp³-hybridized carbons (Fsp3) is 0.500.